The monoisotopic (exact) mass is 304 g/mol. The summed E-state index contributed by atoms with van der Waals surface area (Å²) >= 11 is 5.66. The highest BCUT2D eigenvalue weighted by molar-refractivity contribution is 7.91. The van der Waals surface area contributed by atoms with Crippen molar-refractivity contribution in [1.82, 2.24) is 0 Å². The molecule has 0 bridgehead atoms. The molecular formula is C11H13ClN2O4S. The normalized spacial score (nSPS) is 18.3. The van der Waals surface area contributed by atoms with Crippen LogP contribution in [0.2, 0.25) is 0 Å². The fraction of sp³-hybridized carbons (Fsp3) is 0.455. The van der Waals surface area contributed by atoms with E-state index in [1.165, 1.54) is 6.07 Å². The van der Waals surface area contributed by atoms with Crippen LogP contribution in [0, 0.1) is 10.1 Å². The number of nitro benzene ring substituents is 1. The van der Waals surface area contributed by atoms with Crippen molar-refractivity contribution in [3.05, 3.63) is 33.9 Å². The molecule has 6 nitrogen and oxygen atoms in total. The van der Waals surface area contributed by atoms with Crippen molar-refractivity contribution < 1.29 is 13.3 Å². The van der Waals surface area contributed by atoms with Gasteiger partial charge in [0, 0.05) is 25.0 Å². The molecule has 0 amide bonds. The lowest BCUT2D eigenvalue weighted by atomic mass is 10.1. The third-order valence-electron chi connectivity index (χ3n) is 3.08. The molecule has 1 aliphatic heterocycles. The van der Waals surface area contributed by atoms with Crippen LogP contribution in [0.25, 0.3) is 0 Å². The molecule has 0 aromatic heterocycles. The SMILES string of the molecule is O=[N+]([O-])c1cc(CCl)ccc1N1CCS(=O)(=O)CC1. The molecule has 0 saturated carbocycles. The molecule has 1 saturated heterocycles. The number of hydrogen-bond donors (Lipinski definition) is 0. The zero-order chi connectivity index (χ0) is 14.0. The number of hydrogen-bond acceptors (Lipinski definition) is 5. The summed E-state index contributed by atoms with van der Waals surface area (Å²) in [6, 6.07) is 4.79. The van der Waals surface area contributed by atoms with E-state index in [-0.39, 0.29) is 36.2 Å². The molecule has 2 rings (SSSR count). The van der Waals surface area contributed by atoms with E-state index in [1.807, 2.05) is 0 Å². The van der Waals surface area contributed by atoms with E-state index in [2.05, 4.69) is 0 Å². The highest BCUT2D eigenvalue weighted by Gasteiger charge is 2.26. The van der Waals surface area contributed by atoms with Crippen LogP contribution in [-0.4, -0.2) is 37.9 Å². The Morgan fingerprint density at radius 1 is 1.32 bits per heavy atom. The minimum atomic E-state index is -3.00. The molecule has 104 valence electrons. The van der Waals surface area contributed by atoms with Crippen molar-refractivity contribution in [1.29, 1.82) is 0 Å². The van der Waals surface area contributed by atoms with Gasteiger partial charge in [0.25, 0.3) is 5.69 Å². The van der Waals surface area contributed by atoms with Gasteiger partial charge in [-0.2, -0.15) is 0 Å². The van der Waals surface area contributed by atoms with E-state index in [4.69, 9.17) is 11.6 Å². The van der Waals surface area contributed by atoms with Crippen LogP contribution in [-0.2, 0) is 15.7 Å². The lowest BCUT2D eigenvalue weighted by molar-refractivity contribution is -0.384. The summed E-state index contributed by atoms with van der Waals surface area (Å²) in [6.07, 6.45) is 0. The average molecular weight is 305 g/mol. The molecule has 1 aromatic carbocycles. The number of anilines is 1. The molecule has 1 aliphatic rings. The minimum Gasteiger partial charge on any atom is -0.364 e. The summed E-state index contributed by atoms with van der Waals surface area (Å²) in [5, 5.41) is 11.1. The fourth-order valence-electron chi connectivity index (χ4n) is 2.02. The molecule has 0 spiro atoms. The topological polar surface area (TPSA) is 80.5 Å². The second-order valence-corrected chi connectivity index (χ2v) is 6.92. The van der Waals surface area contributed by atoms with Gasteiger partial charge in [-0.05, 0) is 11.6 Å². The molecular weight excluding hydrogens is 292 g/mol. The summed E-state index contributed by atoms with van der Waals surface area (Å²) in [7, 11) is -3.00. The minimum absolute atomic E-state index is 0.0292. The zero-order valence-electron chi connectivity index (χ0n) is 10.1. The van der Waals surface area contributed by atoms with Gasteiger partial charge in [0.05, 0.1) is 16.4 Å². The highest BCUT2D eigenvalue weighted by atomic mass is 35.5. The molecule has 0 N–H and O–H groups in total. The van der Waals surface area contributed by atoms with Crippen LogP contribution in [0.5, 0.6) is 0 Å². The highest BCUT2D eigenvalue weighted by Crippen LogP contribution is 2.30. The molecule has 1 heterocycles. The van der Waals surface area contributed by atoms with Crippen molar-refractivity contribution in [2.24, 2.45) is 0 Å². The molecule has 1 fully saturated rings. The summed E-state index contributed by atoms with van der Waals surface area (Å²) in [5.41, 5.74) is 1.09. The van der Waals surface area contributed by atoms with E-state index in [1.54, 1.807) is 17.0 Å². The molecule has 19 heavy (non-hydrogen) atoms. The predicted octanol–water partition coefficient (Wildman–Crippen LogP) is 1.57. The first-order chi connectivity index (χ1) is 8.93. The van der Waals surface area contributed by atoms with Crippen molar-refractivity contribution >= 4 is 32.8 Å². The molecule has 1 aromatic rings. The molecule has 0 atom stereocenters. The van der Waals surface area contributed by atoms with Crippen molar-refractivity contribution in [2.45, 2.75) is 5.88 Å². The van der Waals surface area contributed by atoms with Crippen LogP contribution in [0.15, 0.2) is 18.2 Å². The van der Waals surface area contributed by atoms with E-state index < -0.39 is 14.8 Å². The molecule has 8 heteroatoms. The largest absolute Gasteiger partial charge is 0.364 e. The number of rotatable bonds is 3. The van der Waals surface area contributed by atoms with Crippen LogP contribution in [0.3, 0.4) is 0 Å². The summed E-state index contributed by atoms with van der Waals surface area (Å²) in [5.74, 6) is 0.262. The Kier molecular flexibility index (Phi) is 3.96. The van der Waals surface area contributed by atoms with Gasteiger partial charge >= 0.3 is 0 Å². The van der Waals surface area contributed by atoms with Crippen molar-refractivity contribution in [2.75, 3.05) is 29.5 Å². The third kappa shape index (κ3) is 3.16. The second kappa shape index (κ2) is 5.34. The van der Waals surface area contributed by atoms with Crippen LogP contribution in [0.1, 0.15) is 5.56 Å². The van der Waals surface area contributed by atoms with Gasteiger partial charge in [0.15, 0.2) is 9.84 Å². The van der Waals surface area contributed by atoms with Crippen molar-refractivity contribution in [3.8, 4) is 0 Å². The van der Waals surface area contributed by atoms with E-state index in [0.29, 0.717) is 11.3 Å². The maximum atomic E-state index is 11.4. The summed E-state index contributed by atoms with van der Waals surface area (Å²) in [6.45, 7) is 0.562. The van der Waals surface area contributed by atoms with Crippen LogP contribution >= 0.6 is 11.6 Å². The predicted molar refractivity (Wildman–Crippen MR) is 73.5 cm³/mol. The number of benzene rings is 1. The third-order valence-corrected chi connectivity index (χ3v) is 4.99. The number of nitrogens with zero attached hydrogens (tertiary/aromatic N) is 2. The van der Waals surface area contributed by atoms with Gasteiger partial charge in [-0.3, -0.25) is 10.1 Å². The molecule has 0 unspecified atom stereocenters. The fourth-order valence-corrected chi connectivity index (χ4v) is 3.39. The first-order valence-electron chi connectivity index (χ1n) is 5.71. The number of sulfone groups is 1. The quantitative estimate of drug-likeness (QED) is 0.481. The summed E-state index contributed by atoms with van der Waals surface area (Å²) in [4.78, 5) is 12.3. The molecule has 0 radical (unpaired) electrons. The standard InChI is InChI=1S/C11H13ClN2O4S/c12-8-9-1-2-10(11(7-9)14(15)16)13-3-5-19(17,18)6-4-13/h1-2,7H,3-6,8H2. The Morgan fingerprint density at radius 2 is 1.95 bits per heavy atom. The smallest absolute Gasteiger partial charge is 0.292 e. The van der Waals surface area contributed by atoms with Gasteiger partial charge in [-0.25, -0.2) is 8.42 Å². The number of alkyl halides is 1. The Balaban J connectivity index is 2.32. The number of halogens is 1. The summed E-state index contributed by atoms with van der Waals surface area (Å²) < 4.78 is 22.7. The molecule has 0 aliphatic carbocycles. The van der Waals surface area contributed by atoms with E-state index in [9.17, 15) is 18.5 Å². The second-order valence-electron chi connectivity index (χ2n) is 4.35. The van der Waals surface area contributed by atoms with Gasteiger partial charge in [0.1, 0.15) is 5.69 Å². The average Bonchev–Trinajstić information content (AvgIpc) is 2.38. The van der Waals surface area contributed by atoms with E-state index >= 15 is 0 Å². The van der Waals surface area contributed by atoms with Crippen LogP contribution in [0.4, 0.5) is 11.4 Å². The maximum Gasteiger partial charge on any atom is 0.292 e. The Morgan fingerprint density at radius 3 is 2.47 bits per heavy atom. The van der Waals surface area contributed by atoms with E-state index in [0.717, 1.165) is 0 Å². The van der Waals surface area contributed by atoms with Gasteiger partial charge in [-0.1, -0.05) is 6.07 Å². The first-order valence-corrected chi connectivity index (χ1v) is 8.07. The van der Waals surface area contributed by atoms with Gasteiger partial charge in [-0.15, -0.1) is 11.6 Å². The zero-order valence-corrected chi connectivity index (χ0v) is 11.7. The van der Waals surface area contributed by atoms with Gasteiger partial charge < -0.3 is 4.90 Å². The van der Waals surface area contributed by atoms with Gasteiger partial charge in [0.2, 0.25) is 0 Å². The van der Waals surface area contributed by atoms with Crippen molar-refractivity contribution in [3.63, 3.8) is 0 Å². The van der Waals surface area contributed by atoms with Crippen LogP contribution < -0.4 is 4.90 Å². The lowest BCUT2D eigenvalue weighted by Gasteiger charge is -2.28. The lowest BCUT2D eigenvalue weighted by Crippen LogP contribution is -2.40. The maximum absolute atomic E-state index is 11.4. The Hall–Kier alpha value is -1.34. The first kappa shape index (κ1) is 14.1. The Labute approximate surface area is 116 Å². The Bertz CT molecular complexity index is 589. The number of nitro groups is 1.